The van der Waals surface area contributed by atoms with Gasteiger partial charge in [-0.05, 0) is 61.9 Å². The first kappa shape index (κ1) is 17.5. The highest BCUT2D eigenvalue weighted by Crippen LogP contribution is 2.17. The van der Waals surface area contributed by atoms with Gasteiger partial charge >= 0.3 is 5.97 Å². The van der Waals surface area contributed by atoms with Crippen molar-refractivity contribution in [3.63, 3.8) is 0 Å². The number of carbonyl (C=O) groups is 2. The lowest BCUT2D eigenvalue weighted by atomic mass is 10.1. The van der Waals surface area contributed by atoms with Crippen LogP contribution in [0.2, 0.25) is 0 Å². The Balaban J connectivity index is 1.93. The van der Waals surface area contributed by atoms with E-state index in [0.717, 1.165) is 5.56 Å². The summed E-state index contributed by atoms with van der Waals surface area (Å²) in [7, 11) is 0. The van der Waals surface area contributed by atoms with E-state index in [1.165, 1.54) is 24.3 Å². The number of amides is 1. The normalized spacial score (nSPS) is 10.1. The lowest BCUT2D eigenvalue weighted by Gasteiger charge is -2.11. The SMILES string of the molecule is CCOC(=O)c1ccc(NC(=O)COc2ccc(F)cc2)c(C)c1. The number of ether oxygens (including phenoxy) is 2. The Kier molecular flexibility index (Phi) is 5.89. The predicted molar refractivity (Wildman–Crippen MR) is 87.7 cm³/mol. The minimum atomic E-state index is -0.405. The molecule has 126 valence electrons. The smallest absolute Gasteiger partial charge is 0.338 e. The molecule has 6 heteroatoms. The Bertz CT molecular complexity index is 728. The number of esters is 1. The van der Waals surface area contributed by atoms with Crippen LogP contribution < -0.4 is 10.1 Å². The van der Waals surface area contributed by atoms with Crippen LogP contribution in [0.1, 0.15) is 22.8 Å². The Morgan fingerprint density at radius 3 is 2.46 bits per heavy atom. The van der Waals surface area contributed by atoms with Crippen molar-refractivity contribution in [2.45, 2.75) is 13.8 Å². The summed E-state index contributed by atoms with van der Waals surface area (Å²) in [6, 6.07) is 10.3. The van der Waals surface area contributed by atoms with E-state index in [1.54, 1.807) is 32.0 Å². The van der Waals surface area contributed by atoms with Gasteiger partial charge in [-0.15, -0.1) is 0 Å². The molecule has 0 spiro atoms. The largest absolute Gasteiger partial charge is 0.484 e. The van der Waals surface area contributed by atoms with Gasteiger partial charge in [-0.1, -0.05) is 0 Å². The molecule has 0 unspecified atom stereocenters. The lowest BCUT2D eigenvalue weighted by molar-refractivity contribution is -0.118. The molecule has 0 aliphatic carbocycles. The monoisotopic (exact) mass is 331 g/mol. The molecule has 0 atom stereocenters. The molecule has 0 aromatic heterocycles. The van der Waals surface area contributed by atoms with Crippen molar-refractivity contribution in [3.05, 3.63) is 59.4 Å². The minimum Gasteiger partial charge on any atom is -0.484 e. The summed E-state index contributed by atoms with van der Waals surface area (Å²) in [5.41, 5.74) is 1.74. The van der Waals surface area contributed by atoms with Crippen LogP contribution >= 0.6 is 0 Å². The first-order valence-electron chi connectivity index (χ1n) is 7.45. The summed E-state index contributed by atoms with van der Waals surface area (Å²) in [5.74, 6) is -0.727. The minimum absolute atomic E-state index is 0.204. The third kappa shape index (κ3) is 4.81. The molecular weight excluding hydrogens is 313 g/mol. The maximum Gasteiger partial charge on any atom is 0.338 e. The van der Waals surface area contributed by atoms with E-state index in [-0.39, 0.29) is 18.3 Å². The zero-order valence-corrected chi connectivity index (χ0v) is 13.5. The van der Waals surface area contributed by atoms with Gasteiger partial charge in [0.1, 0.15) is 11.6 Å². The molecule has 2 aromatic rings. The van der Waals surface area contributed by atoms with Gasteiger partial charge < -0.3 is 14.8 Å². The van der Waals surface area contributed by atoms with E-state index in [4.69, 9.17) is 9.47 Å². The summed E-state index contributed by atoms with van der Waals surface area (Å²) >= 11 is 0. The molecule has 0 heterocycles. The number of halogens is 1. The molecule has 0 bridgehead atoms. The summed E-state index contributed by atoms with van der Waals surface area (Å²) in [6.45, 7) is 3.61. The molecule has 2 rings (SSSR count). The van der Waals surface area contributed by atoms with Gasteiger partial charge in [-0.2, -0.15) is 0 Å². The second-order valence-electron chi connectivity index (χ2n) is 5.04. The standard InChI is InChI=1S/C18H18FNO4/c1-3-23-18(22)13-4-9-16(12(2)10-13)20-17(21)11-24-15-7-5-14(19)6-8-15/h4-10H,3,11H2,1-2H3,(H,20,21). The van der Waals surface area contributed by atoms with Crippen LogP contribution in [0.4, 0.5) is 10.1 Å². The highest BCUT2D eigenvalue weighted by atomic mass is 19.1. The number of aryl methyl sites for hydroxylation is 1. The zero-order chi connectivity index (χ0) is 17.5. The van der Waals surface area contributed by atoms with Crippen molar-refractivity contribution in [1.82, 2.24) is 0 Å². The van der Waals surface area contributed by atoms with E-state index < -0.39 is 5.97 Å². The Hall–Kier alpha value is -2.89. The lowest BCUT2D eigenvalue weighted by Crippen LogP contribution is -2.20. The number of benzene rings is 2. The van der Waals surface area contributed by atoms with E-state index >= 15 is 0 Å². The summed E-state index contributed by atoms with van der Waals surface area (Å²) in [6.07, 6.45) is 0. The van der Waals surface area contributed by atoms with Crippen molar-refractivity contribution >= 4 is 17.6 Å². The van der Waals surface area contributed by atoms with Gasteiger partial charge in [-0.25, -0.2) is 9.18 Å². The topological polar surface area (TPSA) is 64.6 Å². The molecule has 5 nitrogen and oxygen atoms in total. The van der Waals surface area contributed by atoms with Crippen LogP contribution in [0.15, 0.2) is 42.5 Å². The maximum absolute atomic E-state index is 12.8. The first-order chi connectivity index (χ1) is 11.5. The third-order valence-electron chi connectivity index (χ3n) is 3.20. The van der Waals surface area contributed by atoms with E-state index in [0.29, 0.717) is 23.6 Å². The number of hydrogen-bond donors (Lipinski definition) is 1. The van der Waals surface area contributed by atoms with Crippen molar-refractivity contribution < 1.29 is 23.5 Å². The van der Waals surface area contributed by atoms with Crippen LogP contribution in [-0.2, 0) is 9.53 Å². The average molecular weight is 331 g/mol. The molecule has 0 aliphatic heterocycles. The van der Waals surface area contributed by atoms with E-state index in [1.807, 2.05) is 0 Å². The molecule has 0 saturated carbocycles. The van der Waals surface area contributed by atoms with Gasteiger partial charge in [0.05, 0.1) is 12.2 Å². The zero-order valence-electron chi connectivity index (χ0n) is 13.5. The molecule has 2 aromatic carbocycles. The van der Waals surface area contributed by atoms with Gasteiger partial charge in [0, 0.05) is 5.69 Å². The van der Waals surface area contributed by atoms with Crippen molar-refractivity contribution in [3.8, 4) is 5.75 Å². The molecule has 0 fully saturated rings. The molecule has 0 aliphatic rings. The second-order valence-corrected chi connectivity index (χ2v) is 5.04. The van der Waals surface area contributed by atoms with E-state index in [2.05, 4.69) is 5.32 Å². The van der Waals surface area contributed by atoms with Crippen LogP contribution in [0, 0.1) is 12.7 Å². The van der Waals surface area contributed by atoms with Crippen LogP contribution in [0.5, 0.6) is 5.75 Å². The van der Waals surface area contributed by atoms with Crippen LogP contribution in [-0.4, -0.2) is 25.1 Å². The van der Waals surface area contributed by atoms with Gasteiger partial charge in [0.2, 0.25) is 0 Å². The number of anilines is 1. The maximum atomic E-state index is 12.8. The quantitative estimate of drug-likeness (QED) is 0.825. The Morgan fingerprint density at radius 2 is 1.83 bits per heavy atom. The highest BCUT2D eigenvalue weighted by Gasteiger charge is 2.10. The summed E-state index contributed by atoms with van der Waals surface area (Å²) in [5, 5.41) is 2.70. The molecular formula is C18H18FNO4. The van der Waals surface area contributed by atoms with Crippen molar-refractivity contribution in [1.29, 1.82) is 0 Å². The van der Waals surface area contributed by atoms with Crippen LogP contribution in [0.25, 0.3) is 0 Å². The van der Waals surface area contributed by atoms with Gasteiger partial charge in [0.25, 0.3) is 5.91 Å². The van der Waals surface area contributed by atoms with E-state index in [9.17, 15) is 14.0 Å². The summed E-state index contributed by atoms with van der Waals surface area (Å²) < 4.78 is 23.0. The molecule has 0 radical (unpaired) electrons. The van der Waals surface area contributed by atoms with Crippen molar-refractivity contribution in [2.24, 2.45) is 0 Å². The fourth-order valence-corrected chi connectivity index (χ4v) is 2.01. The highest BCUT2D eigenvalue weighted by molar-refractivity contribution is 5.94. The van der Waals surface area contributed by atoms with Gasteiger partial charge in [-0.3, -0.25) is 4.79 Å². The second kappa shape index (κ2) is 8.10. The fraction of sp³-hybridized carbons (Fsp3) is 0.222. The average Bonchev–Trinajstić information content (AvgIpc) is 2.56. The Labute approximate surface area is 139 Å². The fourth-order valence-electron chi connectivity index (χ4n) is 2.01. The summed E-state index contributed by atoms with van der Waals surface area (Å²) in [4.78, 5) is 23.6. The predicted octanol–water partition coefficient (Wildman–Crippen LogP) is 3.33. The molecule has 0 saturated heterocycles. The number of hydrogen-bond acceptors (Lipinski definition) is 4. The molecule has 1 amide bonds. The number of nitrogens with one attached hydrogen (secondary N) is 1. The molecule has 24 heavy (non-hydrogen) atoms. The first-order valence-corrected chi connectivity index (χ1v) is 7.45. The van der Waals surface area contributed by atoms with Crippen LogP contribution in [0.3, 0.4) is 0 Å². The Morgan fingerprint density at radius 1 is 1.12 bits per heavy atom. The number of carbonyl (C=O) groups excluding carboxylic acids is 2. The third-order valence-corrected chi connectivity index (χ3v) is 3.20. The molecule has 1 N–H and O–H groups in total. The van der Waals surface area contributed by atoms with Crippen molar-refractivity contribution in [2.75, 3.05) is 18.5 Å². The van der Waals surface area contributed by atoms with Gasteiger partial charge in [0.15, 0.2) is 6.61 Å². The number of rotatable bonds is 6.